The van der Waals surface area contributed by atoms with Crippen molar-refractivity contribution in [1.29, 1.82) is 0 Å². The third kappa shape index (κ3) is 3.21. The molecule has 18 heavy (non-hydrogen) atoms. The Balaban J connectivity index is 1.93. The van der Waals surface area contributed by atoms with Gasteiger partial charge >= 0.3 is 0 Å². The van der Waals surface area contributed by atoms with Crippen molar-refractivity contribution < 1.29 is 14.0 Å². The molecule has 0 saturated heterocycles. The first-order valence-electron chi connectivity index (χ1n) is 5.60. The van der Waals surface area contributed by atoms with Crippen LogP contribution < -0.4 is 15.2 Å². The number of rotatable bonds is 6. The predicted molar refractivity (Wildman–Crippen MR) is 64.4 cm³/mol. The van der Waals surface area contributed by atoms with E-state index in [1.54, 1.807) is 13.2 Å². The van der Waals surface area contributed by atoms with E-state index >= 15 is 0 Å². The lowest BCUT2D eigenvalue weighted by molar-refractivity contribution is 0.283. The first-order chi connectivity index (χ1) is 8.81. The Morgan fingerprint density at radius 3 is 2.94 bits per heavy atom. The minimum atomic E-state index is 0.251. The highest BCUT2D eigenvalue weighted by atomic mass is 16.5. The molecular weight excluding hydrogens is 234 g/mol. The molecule has 0 saturated carbocycles. The molecule has 0 atom stereocenters. The van der Waals surface area contributed by atoms with Crippen molar-refractivity contribution in [2.45, 2.75) is 13.0 Å². The average molecular weight is 249 g/mol. The standard InChI is InChI=1S/C12H15N3O3/c1-16-9-3-2-4-10(7-9)17-8-11-14-12(5-6-13)18-15-11/h2-4,7H,5-6,8,13H2,1H3. The molecule has 0 aliphatic rings. The number of nitrogens with two attached hydrogens (primary N) is 1. The maximum absolute atomic E-state index is 5.53. The number of methoxy groups -OCH3 is 1. The molecule has 96 valence electrons. The van der Waals surface area contributed by atoms with Gasteiger partial charge in [0.1, 0.15) is 11.5 Å². The molecule has 1 aromatic carbocycles. The second-order valence-corrected chi connectivity index (χ2v) is 3.61. The van der Waals surface area contributed by atoms with Crippen LogP contribution in [0.3, 0.4) is 0 Å². The zero-order chi connectivity index (χ0) is 12.8. The van der Waals surface area contributed by atoms with Gasteiger partial charge in [-0.2, -0.15) is 4.98 Å². The van der Waals surface area contributed by atoms with Gasteiger partial charge in [0.05, 0.1) is 7.11 Å². The molecule has 0 bridgehead atoms. The van der Waals surface area contributed by atoms with Crippen LogP contribution in [-0.4, -0.2) is 23.8 Å². The van der Waals surface area contributed by atoms with Gasteiger partial charge in [-0.1, -0.05) is 11.2 Å². The quantitative estimate of drug-likeness (QED) is 0.827. The molecule has 2 rings (SSSR count). The van der Waals surface area contributed by atoms with Gasteiger partial charge in [0.2, 0.25) is 11.7 Å². The highest BCUT2D eigenvalue weighted by Gasteiger charge is 2.06. The van der Waals surface area contributed by atoms with Gasteiger partial charge in [-0.05, 0) is 12.1 Å². The number of nitrogens with zero attached hydrogens (tertiary/aromatic N) is 2. The van der Waals surface area contributed by atoms with Crippen molar-refractivity contribution in [1.82, 2.24) is 10.1 Å². The fourth-order valence-electron chi connectivity index (χ4n) is 1.41. The Morgan fingerprint density at radius 1 is 1.33 bits per heavy atom. The summed E-state index contributed by atoms with van der Waals surface area (Å²) in [6.07, 6.45) is 0.576. The Kier molecular flexibility index (Phi) is 4.14. The summed E-state index contributed by atoms with van der Waals surface area (Å²) in [5, 5.41) is 3.79. The molecule has 0 unspecified atom stereocenters. The van der Waals surface area contributed by atoms with Gasteiger partial charge < -0.3 is 19.7 Å². The van der Waals surface area contributed by atoms with Gasteiger partial charge in [-0.15, -0.1) is 0 Å². The van der Waals surface area contributed by atoms with E-state index in [2.05, 4.69) is 10.1 Å². The van der Waals surface area contributed by atoms with Gasteiger partial charge in [0, 0.05) is 19.0 Å². The van der Waals surface area contributed by atoms with E-state index < -0.39 is 0 Å². The summed E-state index contributed by atoms with van der Waals surface area (Å²) >= 11 is 0. The van der Waals surface area contributed by atoms with E-state index in [0.717, 1.165) is 5.75 Å². The van der Waals surface area contributed by atoms with E-state index in [0.29, 0.717) is 30.4 Å². The van der Waals surface area contributed by atoms with Gasteiger partial charge in [-0.25, -0.2) is 0 Å². The van der Waals surface area contributed by atoms with Crippen LogP contribution in [0.1, 0.15) is 11.7 Å². The number of aromatic nitrogens is 2. The van der Waals surface area contributed by atoms with Crippen molar-refractivity contribution in [2.75, 3.05) is 13.7 Å². The molecule has 0 amide bonds. The highest BCUT2D eigenvalue weighted by Crippen LogP contribution is 2.19. The smallest absolute Gasteiger partial charge is 0.228 e. The lowest BCUT2D eigenvalue weighted by atomic mass is 10.3. The van der Waals surface area contributed by atoms with Crippen LogP contribution in [0, 0.1) is 0 Å². The molecule has 1 heterocycles. The predicted octanol–water partition coefficient (Wildman–Crippen LogP) is 1.16. The van der Waals surface area contributed by atoms with E-state index in [1.807, 2.05) is 18.2 Å². The molecule has 2 aromatic rings. The number of benzene rings is 1. The molecule has 2 N–H and O–H groups in total. The van der Waals surface area contributed by atoms with Crippen molar-refractivity contribution in [3.63, 3.8) is 0 Å². The molecule has 0 fully saturated rings. The summed E-state index contributed by atoms with van der Waals surface area (Å²) in [7, 11) is 1.61. The van der Waals surface area contributed by atoms with Gasteiger partial charge in [0.15, 0.2) is 6.61 Å². The second kappa shape index (κ2) is 6.02. The Hall–Kier alpha value is -2.08. The molecule has 0 spiro atoms. The molecule has 0 radical (unpaired) electrons. The van der Waals surface area contributed by atoms with Crippen LogP contribution in [0.25, 0.3) is 0 Å². The lowest BCUT2D eigenvalue weighted by Gasteiger charge is -2.04. The molecule has 0 aliphatic carbocycles. The average Bonchev–Trinajstić information content (AvgIpc) is 2.85. The van der Waals surface area contributed by atoms with Gasteiger partial charge in [-0.3, -0.25) is 0 Å². The van der Waals surface area contributed by atoms with Crippen molar-refractivity contribution in [3.8, 4) is 11.5 Å². The zero-order valence-corrected chi connectivity index (χ0v) is 10.1. The minimum absolute atomic E-state index is 0.251. The SMILES string of the molecule is COc1cccc(OCc2noc(CCN)n2)c1. The summed E-state index contributed by atoms with van der Waals surface area (Å²) in [5.74, 6) is 2.46. The third-order valence-corrected chi connectivity index (χ3v) is 2.28. The number of ether oxygens (including phenoxy) is 2. The Labute approximate surface area is 105 Å². The van der Waals surface area contributed by atoms with Gasteiger partial charge in [0.25, 0.3) is 0 Å². The summed E-state index contributed by atoms with van der Waals surface area (Å²) in [4.78, 5) is 4.14. The van der Waals surface area contributed by atoms with Crippen LogP contribution in [0.2, 0.25) is 0 Å². The second-order valence-electron chi connectivity index (χ2n) is 3.61. The van der Waals surface area contributed by atoms with Crippen molar-refractivity contribution in [2.24, 2.45) is 5.73 Å². The number of hydrogen-bond acceptors (Lipinski definition) is 6. The Morgan fingerprint density at radius 2 is 2.17 bits per heavy atom. The van der Waals surface area contributed by atoms with Crippen LogP contribution in [0.5, 0.6) is 11.5 Å². The fraction of sp³-hybridized carbons (Fsp3) is 0.333. The normalized spacial score (nSPS) is 10.3. The summed E-state index contributed by atoms with van der Waals surface area (Å²) in [6, 6.07) is 7.33. The summed E-state index contributed by atoms with van der Waals surface area (Å²) < 4.78 is 15.6. The van der Waals surface area contributed by atoms with Crippen LogP contribution in [0.15, 0.2) is 28.8 Å². The topological polar surface area (TPSA) is 83.4 Å². The molecule has 6 heteroatoms. The molecular formula is C12H15N3O3. The lowest BCUT2D eigenvalue weighted by Crippen LogP contribution is -2.03. The summed E-state index contributed by atoms with van der Waals surface area (Å²) in [6.45, 7) is 0.736. The largest absolute Gasteiger partial charge is 0.497 e. The van der Waals surface area contributed by atoms with Crippen LogP contribution in [0.4, 0.5) is 0 Å². The first kappa shape index (κ1) is 12.4. The van der Waals surface area contributed by atoms with Crippen LogP contribution >= 0.6 is 0 Å². The first-order valence-corrected chi connectivity index (χ1v) is 5.60. The third-order valence-electron chi connectivity index (χ3n) is 2.28. The molecule has 0 aliphatic heterocycles. The zero-order valence-electron chi connectivity index (χ0n) is 10.1. The highest BCUT2D eigenvalue weighted by molar-refractivity contribution is 5.32. The van der Waals surface area contributed by atoms with E-state index in [9.17, 15) is 0 Å². The van der Waals surface area contributed by atoms with Crippen molar-refractivity contribution in [3.05, 3.63) is 36.0 Å². The molecule has 1 aromatic heterocycles. The van der Waals surface area contributed by atoms with E-state index in [1.165, 1.54) is 0 Å². The molecule has 6 nitrogen and oxygen atoms in total. The summed E-state index contributed by atoms with van der Waals surface area (Å²) in [5.41, 5.74) is 5.39. The fourth-order valence-corrected chi connectivity index (χ4v) is 1.41. The van der Waals surface area contributed by atoms with Crippen molar-refractivity contribution >= 4 is 0 Å². The van der Waals surface area contributed by atoms with Crippen LogP contribution in [-0.2, 0) is 13.0 Å². The van der Waals surface area contributed by atoms with E-state index in [4.69, 9.17) is 19.7 Å². The monoisotopic (exact) mass is 249 g/mol. The maximum atomic E-state index is 5.53. The Bertz CT molecular complexity index is 499. The van der Waals surface area contributed by atoms with E-state index in [-0.39, 0.29) is 6.61 Å². The minimum Gasteiger partial charge on any atom is -0.497 e. The maximum Gasteiger partial charge on any atom is 0.228 e. The number of hydrogen-bond donors (Lipinski definition) is 1.